The highest BCUT2D eigenvalue weighted by Crippen LogP contribution is 2.20. The molecule has 0 aliphatic carbocycles. The van der Waals surface area contributed by atoms with Crippen LogP contribution in [-0.4, -0.2) is 15.7 Å². The number of nitrogens with one attached hydrogen (secondary N) is 1. The van der Waals surface area contributed by atoms with Crippen LogP contribution < -0.4 is 5.32 Å². The lowest BCUT2D eigenvalue weighted by Gasteiger charge is -2.03. The third-order valence-electron chi connectivity index (χ3n) is 2.34. The summed E-state index contributed by atoms with van der Waals surface area (Å²) in [6, 6.07) is 5.06. The SMILES string of the molecule is CCn1cc(NC(=O)c2cc(Cl)cc(Br)c2)cn1. The monoisotopic (exact) mass is 327 g/mol. The van der Waals surface area contributed by atoms with Crippen molar-refractivity contribution in [2.45, 2.75) is 13.5 Å². The molecule has 1 N–H and O–H groups in total. The maximum absolute atomic E-state index is 12.0. The fourth-order valence-electron chi connectivity index (χ4n) is 1.49. The molecule has 0 aliphatic heterocycles. The molecule has 0 unspecified atom stereocenters. The van der Waals surface area contributed by atoms with E-state index in [9.17, 15) is 4.79 Å². The zero-order chi connectivity index (χ0) is 13.1. The van der Waals surface area contributed by atoms with Gasteiger partial charge in [0, 0.05) is 27.8 Å². The molecule has 0 aliphatic rings. The summed E-state index contributed by atoms with van der Waals surface area (Å²) in [7, 11) is 0. The van der Waals surface area contributed by atoms with E-state index in [0.717, 1.165) is 11.0 Å². The van der Waals surface area contributed by atoms with Gasteiger partial charge in [0.25, 0.3) is 5.91 Å². The summed E-state index contributed by atoms with van der Waals surface area (Å²) in [5, 5.41) is 7.36. The van der Waals surface area contributed by atoms with Gasteiger partial charge < -0.3 is 5.32 Å². The number of hydrogen-bond donors (Lipinski definition) is 1. The van der Waals surface area contributed by atoms with Crippen LogP contribution in [0.4, 0.5) is 5.69 Å². The number of carbonyl (C=O) groups excluding carboxylic acids is 1. The number of aromatic nitrogens is 2. The average molecular weight is 329 g/mol. The molecular weight excluding hydrogens is 318 g/mol. The Hall–Kier alpha value is -1.33. The number of anilines is 1. The highest BCUT2D eigenvalue weighted by atomic mass is 79.9. The number of nitrogens with zero attached hydrogens (tertiary/aromatic N) is 2. The second-order valence-corrected chi connectivity index (χ2v) is 5.05. The third-order valence-corrected chi connectivity index (χ3v) is 3.02. The van der Waals surface area contributed by atoms with Crippen molar-refractivity contribution >= 4 is 39.1 Å². The Labute approximate surface area is 118 Å². The maximum Gasteiger partial charge on any atom is 0.255 e. The van der Waals surface area contributed by atoms with Crippen LogP contribution in [0.15, 0.2) is 35.1 Å². The molecule has 94 valence electrons. The van der Waals surface area contributed by atoms with E-state index in [1.807, 2.05) is 6.92 Å². The molecule has 0 fully saturated rings. The summed E-state index contributed by atoms with van der Waals surface area (Å²) < 4.78 is 2.51. The lowest BCUT2D eigenvalue weighted by Crippen LogP contribution is -2.11. The first-order valence-corrected chi connectivity index (χ1v) is 6.55. The fraction of sp³-hybridized carbons (Fsp3) is 0.167. The van der Waals surface area contributed by atoms with Gasteiger partial charge in [0.1, 0.15) is 0 Å². The van der Waals surface area contributed by atoms with Gasteiger partial charge in [0.15, 0.2) is 0 Å². The van der Waals surface area contributed by atoms with Crippen molar-refractivity contribution in [1.82, 2.24) is 9.78 Å². The van der Waals surface area contributed by atoms with Crippen molar-refractivity contribution in [3.05, 3.63) is 45.7 Å². The van der Waals surface area contributed by atoms with E-state index >= 15 is 0 Å². The van der Waals surface area contributed by atoms with Crippen LogP contribution >= 0.6 is 27.5 Å². The molecule has 2 rings (SSSR count). The number of rotatable bonds is 3. The quantitative estimate of drug-likeness (QED) is 0.936. The van der Waals surface area contributed by atoms with Crippen LogP contribution in [0.25, 0.3) is 0 Å². The Bertz CT molecular complexity index is 562. The van der Waals surface area contributed by atoms with Crippen LogP contribution in [0.2, 0.25) is 5.02 Å². The number of benzene rings is 1. The van der Waals surface area contributed by atoms with E-state index in [4.69, 9.17) is 11.6 Å². The normalized spacial score (nSPS) is 10.4. The number of hydrogen-bond acceptors (Lipinski definition) is 2. The summed E-state index contributed by atoms with van der Waals surface area (Å²) in [5.74, 6) is -0.214. The number of carbonyl (C=O) groups is 1. The molecule has 1 aromatic heterocycles. The van der Waals surface area contributed by atoms with Crippen LogP contribution in [0.3, 0.4) is 0 Å². The Balaban J connectivity index is 2.16. The summed E-state index contributed by atoms with van der Waals surface area (Å²) in [4.78, 5) is 12.0. The van der Waals surface area contributed by atoms with Gasteiger partial charge in [-0.25, -0.2) is 0 Å². The standard InChI is InChI=1S/C12H11BrClN3O/c1-2-17-7-11(6-15-17)16-12(18)8-3-9(13)5-10(14)4-8/h3-7H,2H2,1H3,(H,16,18). The van der Waals surface area contributed by atoms with Gasteiger partial charge in [0.2, 0.25) is 0 Å². The molecule has 0 bridgehead atoms. The highest BCUT2D eigenvalue weighted by Gasteiger charge is 2.09. The molecule has 0 spiro atoms. The Morgan fingerprint density at radius 3 is 2.89 bits per heavy atom. The first kappa shape index (κ1) is 13.1. The fourth-order valence-corrected chi connectivity index (χ4v) is 2.35. The Morgan fingerprint density at radius 1 is 1.50 bits per heavy atom. The third kappa shape index (κ3) is 3.11. The van der Waals surface area contributed by atoms with Gasteiger partial charge in [-0.05, 0) is 25.1 Å². The largest absolute Gasteiger partial charge is 0.319 e. The first-order valence-electron chi connectivity index (χ1n) is 5.38. The predicted molar refractivity (Wildman–Crippen MR) is 75.0 cm³/mol. The molecule has 0 saturated carbocycles. The molecule has 4 nitrogen and oxygen atoms in total. The summed E-state index contributed by atoms with van der Waals surface area (Å²) in [6.07, 6.45) is 3.39. The van der Waals surface area contributed by atoms with Gasteiger partial charge in [-0.15, -0.1) is 0 Å². The van der Waals surface area contributed by atoms with Crippen LogP contribution in [0, 0.1) is 0 Å². The molecule has 0 radical (unpaired) electrons. The van der Waals surface area contributed by atoms with Gasteiger partial charge in [0.05, 0.1) is 11.9 Å². The lowest BCUT2D eigenvalue weighted by molar-refractivity contribution is 0.102. The van der Waals surface area contributed by atoms with Crippen molar-refractivity contribution in [1.29, 1.82) is 0 Å². The zero-order valence-electron chi connectivity index (χ0n) is 9.65. The molecule has 6 heteroatoms. The molecule has 1 heterocycles. The van der Waals surface area contributed by atoms with E-state index in [-0.39, 0.29) is 5.91 Å². The van der Waals surface area contributed by atoms with Crippen LogP contribution in [-0.2, 0) is 6.54 Å². The van der Waals surface area contributed by atoms with Gasteiger partial charge in [-0.2, -0.15) is 5.10 Å². The minimum atomic E-state index is -0.214. The molecule has 18 heavy (non-hydrogen) atoms. The highest BCUT2D eigenvalue weighted by molar-refractivity contribution is 9.10. The predicted octanol–water partition coefficient (Wildman–Crippen LogP) is 3.57. The minimum Gasteiger partial charge on any atom is -0.319 e. The summed E-state index contributed by atoms with van der Waals surface area (Å²) >= 11 is 9.20. The van der Waals surface area contributed by atoms with Crippen LogP contribution in [0.5, 0.6) is 0 Å². The van der Waals surface area contributed by atoms with Crippen LogP contribution in [0.1, 0.15) is 17.3 Å². The van der Waals surface area contributed by atoms with Crippen molar-refractivity contribution in [2.24, 2.45) is 0 Å². The topological polar surface area (TPSA) is 46.9 Å². The van der Waals surface area contributed by atoms with Gasteiger partial charge >= 0.3 is 0 Å². The lowest BCUT2D eigenvalue weighted by atomic mass is 10.2. The minimum absolute atomic E-state index is 0.214. The van der Waals surface area contributed by atoms with Gasteiger partial charge in [-0.1, -0.05) is 27.5 Å². The Morgan fingerprint density at radius 2 is 2.28 bits per heavy atom. The van der Waals surface area contributed by atoms with Crippen molar-refractivity contribution in [3.63, 3.8) is 0 Å². The van der Waals surface area contributed by atoms with Crippen molar-refractivity contribution in [2.75, 3.05) is 5.32 Å². The second-order valence-electron chi connectivity index (χ2n) is 3.70. The molecule has 1 amide bonds. The second kappa shape index (κ2) is 5.54. The maximum atomic E-state index is 12.0. The molecule has 0 saturated heterocycles. The van der Waals surface area contributed by atoms with E-state index in [2.05, 4.69) is 26.3 Å². The summed E-state index contributed by atoms with van der Waals surface area (Å²) in [5.41, 5.74) is 1.16. The Kier molecular flexibility index (Phi) is 4.04. The number of halogens is 2. The zero-order valence-corrected chi connectivity index (χ0v) is 12.0. The van der Waals surface area contributed by atoms with Crippen molar-refractivity contribution < 1.29 is 4.79 Å². The number of amides is 1. The molecule has 1 aromatic carbocycles. The summed E-state index contributed by atoms with van der Waals surface area (Å²) in [6.45, 7) is 2.74. The van der Waals surface area contributed by atoms with Crippen molar-refractivity contribution in [3.8, 4) is 0 Å². The van der Waals surface area contributed by atoms with E-state index in [1.165, 1.54) is 0 Å². The number of aryl methyl sites for hydroxylation is 1. The molecule has 2 aromatic rings. The van der Waals surface area contributed by atoms with E-state index in [1.54, 1.807) is 35.3 Å². The first-order chi connectivity index (χ1) is 8.58. The molecular formula is C12H11BrClN3O. The van der Waals surface area contributed by atoms with E-state index < -0.39 is 0 Å². The van der Waals surface area contributed by atoms with E-state index in [0.29, 0.717) is 16.3 Å². The van der Waals surface area contributed by atoms with Gasteiger partial charge in [-0.3, -0.25) is 9.48 Å². The smallest absolute Gasteiger partial charge is 0.255 e. The molecule has 0 atom stereocenters. The average Bonchev–Trinajstić information content (AvgIpc) is 2.75.